The van der Waals surface area contributed by atoms with Crippen LogP contribution in [0, 0.1) is 13.8 Å². The number of rotatable bonds is 4. The number of nitrogens with zero attached hydrogens (tertiary/aromatic N) is 2. The number of aryl methyl sites for hydroxylation is 2. The number of halogens is 3. The summed E-state index contributed by atoms with van der Waals surface area (Å²) in [7, 11) is 1.81. The van der Waals surface area contributed by atoms with E-state index in [-0.39, 0.29) is 17.5 Å². The summed E-state index contributed by atoms with van der Waals surface area (Å²) in [6, 6.07) is 2.94. The highest BCUT2D eigenvalue weighted by Crippen LogP contribution is 2.33. The average Bonchev–Trinajstić information content (AvgIpc) is 2.68. The molecular formula is C14H14Cl3N3O2. The quantitative estimate of drug-likeness (QED) is 0.836. The Balaban J connectivity index is 2.03. The minimum absolute atomic E-state index is 0.203. The predicted molar refractivity (Wildman–Crippen MR) is 88.3 cm³/mol. The van der Waals surface area contributed by atoms with Crippen molar-refractivity contribution in [3.8, 4) is 5.75 Å². The SMILES string of the molecule is Cc1nn(C)c(C)c1NC(=O)COc1cc(Cl)c(Cl)cc1Cl. The first-order valence-electron chi connectivity index (χ1n) is 6.37. The zero-order valence-corrected chi connectivity index (χ0v) is 14.5. The van der Waals surface area contributed by atoms with Crippen molar-refractivity contribution < 1.29 is 9.53 Å². The number of hydrogen-bond acceptors (Lipinski definition) is 3. The third-order valence-electron chi connectivity index (χ3n) is 3.11. The molecule has 22 heavy (non-hydrogen) atoms. The molecular weight excluding hydrogens is 349 g/mol. The predicted octanol–water partition coefficient (Wildman–Crippen LogP) is 4.01. The van der Waals surface area contributed by atoms with Crippen molar-refractivity contribution in [1.82, 2.24) is 9.78 Å². The highest BCUT2D eigenvalue weighted by molar-refractivity contribution is 6.43. The molecule has 1 amide bonds. The van der Waals surface area contributed by atoms with Crippen LogP contribution in [0.4, 0.5) is 5.69 Å². The highest BCUT2D eigenvalue weighted by atomic mass is 35.5. The maximum atomic E-state index is 12.0. The van der Waals surface area contributed by atoms with Crippen molar-refractivity contribution in [2.24, 2.45) is 7.05 Å². The molecule has 5 nitrogen and oxygen atoms in total. The van der Waals surface area contributed by atoms with Gasteiger partial charge < -0.3 is 10.1 Å². The number of anilines is 1. The molecule has 0 radical (unpaired) electrons. The van der Waals surface area contributed by atoms with Gasteiger partial charge in [-0.25, -0.2) is 0 Å². The molecule has 0 saturated carbocycles. The maximum Gasteiger partial charge on any atom is 0.262 e. The molecule has 2 rings (SSSR count). The van der Waals surface area contributed by atoms with E-state index < -0.39 is 0 Å². The summed E-state index contributed by atoms with van der Waals surface area (Å²) in [6.07, 6.45) is 0. The van der Waals surface area contributed by atoms with E-state index in [1.54, 1.807) is 4.68 Å². The van der Waals surface area contributed by atoms with Gasteiger partial charge in [-0.3, -0.25) is 9.48 Å². The van der Waals surface area contributed by atoms with Gasteiger partial charge >= 0.3 is 0 Å². The fourth-order valence-electron chi connectivity index (χ4n) is 1.89. The van der Waals surface area contributed by atoms with Gasteiger partial charge in [0.2, 0.25) is 0 Å². The lowest BCUT2D eigenvalue weighted by molar-refractivity contribution is -0.118. The molecule has 0 aliphatic heterocycles. The van der Waals surface area contributed by atoms with Gasteiger partial charge in [-0.1, -0.05) is 34.8 Å². The minimum Gasteiger partial charge on any atom is -0.482 e. The molecule has 0 bridgehead atoms. The normalized spacial score (nSPS) is 10.6. The van der Waals surface area contributed by atoms with Crippen LogP contribution in [0.2, 0.25) is 15.1 Å². The molecule has 8 heteroatoms. The van der Waals surface area contributed by atoms with Crippen LogP contribution in [-0.2, 0) is 11.8 Å². The van der Waals surface area contributed by atoms with Crippen LogP contribution in [-0.4, -0.2) is 22.3 Å². The van der Waals surface area contributed by atoms with Crippen molar-refractivity contribution in [2.75, 3.05) is 11.9 Å². The first-order valence-corrected chi connectivity index (χ1v) is 7.50. The molecule has 118 valence electrons. The fourth-order valence-corrected chi connectivity index (χ4v) is 2.48. The standard InChI is InChI=1S/C14H14Cl3N3O2/c1-7-14(8(2)20(3)19-7)18-13(21)6-22-12-5-10(16)9(15)4-11(12)17/h4-5H,6H2,1-3H3,(H,18,21). The molecule has 1 heterocycles. The monoisotopic (exact) mass is 361 g/mol. The Hall–Kier alpha value is -1.43. The third-order valence-corrected chi connectivity index (χ3v) is 4.12. The molecule has 1 aromatic carbocycles. The molecule has 1 aromatic heterocycles. The van der Waals surface area contributed by atoms with Crippen molar-refractivity contribution in [1.29, 1.82) is 0 Å². The van der Waals surface area contributed by atoms with Crippen LogP contribution in [0.5, 0.6) is 5.75 Å². The zero-order valence-electron chi connectivity index (χ0n) is 12.2. The lowest BCUT2D eigenvalue weighted by Crippen LogP contribution is -2.21. The van der Waals surface area contributed by atoms with Gasteiger partial charge in [-0.2, -0.15) is 5.10 Å². The summed E-state index contributed by atoms with van der Waals surface area (Å²) in [4.78, 5) is 12.0. The van der Waals surface area contributed by atoms with E-state index in [0.717, 1.165) is 11.4 Å². The van der Waals surface area contributed by atoms with Gasteiger partial charge in [0.05, 0.1) is 32.1 Å². The molecule has 0 fully saturated rings. The topological polar surface area (TPSA) is 56.2 Å². The molecule has 0 spiro atoms. The first-order chi connectivity index (χ1) is 10.3. The summed E-state index contributed by atoms with van der Waals surface area (Å²) < 4.78 is 7.07. The second kappa shape index (κ2) is 6.77. The van der Waals surface area contributed by atoms with E-state index in [1.807, 2.05) is 20.9 Å². The molecule has 0 aliphatic carbocycles. The Morgan fingerprint density at radius 2 is 1.86 bits per heavy atom. The van der Waals surface area contributed by atoms with Gasteiger partial charge in [0.25, 0.3) is 5.91 Å². The minimum atomic E-state index is -0.318. The lowest BCUT2D eigenvalue weighted by Gasteiger charge is -2.10. The van der Waals surface area contributed by atoms with Gasteiger partial charge in [0.15, 0.2) is 6.61 Å². The number of carbonyl (C=O) groups is 1. The van der Waals surface area contributed by atoms with Gasteiger partial charge in [-0.15, -0.1) is 0 Å². The van der Waals surface area contributed by atoms with Crippen molar-refractivity contribution in [3.05, 3.63) is 38.6 Å². The Bertz CT molecular complexity index is 729. The summed E-state index contributed by atoms with van der Waals surface area (Å²) in [5.41, 5.74) is 2.27. The van der Waals surface area contributed by atoms with Gasteiger partial charge in [0, 0.05) is 13.1 Å². The number of ether oxygens (including phenoxy) is 1. The molecule has 0 atom stereocenters. The summed E-state index contributed by atoms with van der Waals surface area (Å²) >= 11 is 17.7. The number of nitrogens with one attached hydrogen (secondary N) is 1. The Kier molecular flexibility index (Phi) is 5.21. The number of benzene rings is 1. The van der Waals surface area contributed by atoms with E-state index >= 15 is 0 Å². The van der Waals surface area contributed by atoms with Crippen LogP contribution in [0.3, 0.4) is 0 Å². The Morgan fingerprint density at radius 1 is 1.23 bits per heavy atom. The first kappa shape index (κ1) is 16.9. The van der Waals surface area contributed by atoms with Gasteiger partial charge in [0.1, 0.15) is 5.75 Å². The molecule has 0 unspecified atom stereocenters. The summed E-state index contributed by atoms with van der Waals surface area (Å²) in [5.74, 6) is -0.0211. The molecule has 2 aromatic rings. The Labute approximate surface area is 143 Å². The summed E-state index contributed by atoms with van der Waals surface area (Å²) in [6.45, 7) is 3.48. The van der Waals surface area contributed by atoms with Crippen LogP contribution in [0.15, 0.2) is 12.1 Å². The Morgan fingerprint density at radius 3 is 2.45 bits per heavy atom. The lowest BCUT2D eigenvalue weighted by atomic mass is 10.3. The van der Waals surface area contributed by atoms with Gasteiger partial charge in [-0.05, 0) is 19.9 Å². The van der Waals surface area contributed by atoms with Crippen LogP contribution < -0.4 is 10.1 Å². The largest absolute Gasteiger partial charge is 0.482 e. The second-order valence-electron chi connectivity index (χ2n) is 4.70. The zero-order chi connectivity index (χ0) is 16.4. The third kappa shape index (κ3) is 3.66. The number of amides is 1. The fraction of sp³-hybridized carbons (Fsp3) is 0.286. The average molecular weight is 363 g/mol. The van der Waals surface area contributed by atoms with E-state index in [2.05, 4.69) is 10.4 Å². The van der Waals surface area contributed by atoms with E-state index in [9.17, 15) is 4.79 Å². The van der Waals surface area contributed by atoms with Crippen LogP contribution in [0.1, 0.15) is 11.4 Å². The molecule has 0 saturated heterocycles. The number of carbonyl (C=O) groups excluding carboxylic acids is 1. The van der Waals surface area contributed by atoms with Crippen LogP contribution in [0.25, 0.3) is 0 Å². The van der Waals surface area contributed by atoms with E-state index in [0.29, 0.717) is 21.5 Å². The second-order valence-corrected chi connectivity index (χ2v) is 5.92. The highest BCUT2D eigenvalue weighted by Gasteiger charge is 2.14. The molecule has 1 N–H and O–H groups in total. The summed E-state index contributed by atoms with van der Waals surface area (Å²) in [5, 5.41) is 7.91. The number of aromatic nitrogens is 2. The van der Waals surface area contributed by atoms with E-state index in [1.165, 1.54) is 12.1 Å². The van der Waals surface area contributed by atoms with Crippen molar-refractivity contribution in [3.63, 3.8) is 0 Å². The van der Waals surface area contributed by atoms with Crippen molar-refractivity contribution >= 4 is 46.4 Å². The smallest absolute Gasteiger partial charge is 0.262 e. The van der Waals surface area contributed by atoms with E-state index in [4.69, 9.17) is 39.5 Å². The molecule has 0 aliphatic rings. The number of hydrogen-bond donors (Lipinski definition) is 1. The maximum absolute atomic E-state index is 12.0. The van der Waals surface area contributed by atoms with Crippen molar-refractivity contribution in [2.45, 2.75) is 13.8 Å². The van der Waals surface area contributed by atoms with Crippen LogP contribution >= 0.6 is 34.8 Å².